The van der Waals surface area contributed by atoms with Crippen LogP contribution in [0.2, 0.25) is 0 Å². The Balaban J connectivity index is 1.31. The molecule has 2 aromatic heterocycles. The van der Waals surface area contributed by atoms with Crippen LogP contribution in [0.25, 0.3) is 5.65 Å². The van der Waals surface area contributed by atoms with Gasteiger partial charge < -0.3 is 20.5 Å². The van der Waals surface area contributed by atoms with Crippen molar-refractivity contribution in [2.45, 2.75) is 70.1 Å². The van der Waals surface area contributed by atoms with E-state index >= 15 is 0 Å². The van der Waals surface area contributed by atoms with Gasteiger partial charge in [-0.2, -0.15) is 4.98 Å². The van der Waals surface area contributed by atoms with E-state index in [0.717, 1.165) is 25.7 Å². The lowest BCUT2D eigenvalue weighted by Gasteiger charge is -2.29. The van der Waals surface area contributed by atoms with Gasteiger partial charge in [-0.1, -0.05) is 19.4 Å². The minimum absolute atomic E-state index is 0.142. The Morgan fingerprint density at radius 1 is 1.25 bits per heavy atom. The van der Waals surface area contributed by atoms with Gasteiger partial charge in [0.15, 0.2) is 11.5 Å². The average molecular weight is 441 g/mol. The third-order valence-electron chi connectivity index (χ3n) is 6.30. The van der Waals surface area contributed by atoms with Gasteiger partial charge in [0.05, 0.1) is 18.5 Å². The number of nitrogens with zero attached hydrogens (tertiary/aromatic N) is 4. The number of rotatable bonds is 8. The summed E-state index contributed by atoms with van der Waals surface area (Å²) in [5.41, 5.74) is 7.70. The number of hydrogen-bond donors (Lipinski definition) is 2. The van der Waals surface area contributed by atoms with Gasteiger partial charge in [-0.15, -0.1) is 5.10 Å². The molecule has 8 nitrogen and oxygen atoms in total. The predicted molar refractivity (Wildman–Crippen MR) is 118 cm³/mol. The molecule has 3 atom stereocenters. The van der Waals surface area contributed by atoms with E-state index in [4.69, 9.17) is 15.2 Å². The molecular weight excluding hydrogens is 411 g/mol. The minimum Gasteiger partial charge on any atom is -0.490 e. The largest absolute Gasteiger partial charge is 0.490 e. The number of nitrogens with two attached hydrogens (primary N) is 1. The maximum Gasteiger partial charge on any atom is 0.336 e. The summed E-state index contributed by atoms with van der Waals surface area (Å²) in [4.78, 5) is 8.46. The van der Waals surface area contributed by atoms with Crippen molar-refractivity contribution in [2.75, 3.05) is 12.3 Å². The fourth-order valence-corrected chi connectivity index (χ4v) is 4.65. The molecule has 0 aliphatic carbocycles. The van der Waals surface area contributed by atoms with E-state index in [1.807, 2.05) is 6.07 Å². The second kappa shape index (κ2) is 8.90. The van der Waals surface area contributed by atoms with Gasteiger partial charge in [0, 0.05) is 24.6 Å². The van der Waals surface area contributed by atoms with Crippen molar-refractivity contribution >= 4 is 11.5 Å². The monoisotopic (exact) mass is 440 g/mol. The molecule has 3 N–H and O–H groups in total. The van der Waals surface area contributed by atoms with Crippen LogP contribution in [-0.2, 0) is 6.42 Å². The highest BCUT2D eigenvalue weighted by Gasteiger charge is 2.34. The van der Waals surface area contributed by atoms with Crippen LogP contribution in [0.3, 0.4) is 0 Å². The van der Waals surface area contributed by atoms with Crippen molar-refractivity contribution in [3.63, 3.8) is 0 Å². The molecule has 3 aromatic rings. The molecule has 9 heteroatoms. The maximum atomic E-state index is 14.9. The van der Waals surface area contributed by atoms with Crippen molar-refractivity contribution in [3.05, 3.63) is 41.5 Å². The number of imidazole rings is 1. The zero-order valence-electron chi connectivity index (χ0n) is 18.3. The Hall–Kier alpha value is -2.94. The number of aromatic nitrogens is 4. The molecule has 4 heterocycles. The number of benzene rings is 1. The molecule has 2 bridgehead atoms. The van der Waals surface area contributed by atoms with Crippen LogP contribution in [0.1, 0.15) is 56.7 Å². The van der Waals surface area contributed by atoms with Crippen molar-refractivity contribution in [2.24, 2.45) is 0 Å². The lowest BCUT2D eigenvalue weighted by atomic mass is 10.0. The summed E-state index contributed by atoms with van der Waals surface area (Å²) in [6.45, 7) is 2.59. The summed E-state index contributed by atoms with van der Waals surface area (Å²) in [5.74, 6) is 0.502. The van der Waals surface area contributed by atoms with Crippen LogP contribution in [0.4, 0.5) is 10.2 Å². The number of halogens is 1. The van der Waals surface area contributed by atoms with Gasteiger partial charge in [0.25, 0.3) is 0 Å². The highest BCUT2D eigenvalue weighted by atomic mass is 19.1. The zero-order chi connectivity index (χ0) is 22.1. The van der Waals surface area contributed by atoms with E-state index in [2.05, 4.69) is 27.3 Å². The van der Waals surface area contributed by atoms with E-state index in [1.54, 1.807) is 16.8 Å². The fourth-order valence-electron chi connectivity index (χ4n) is 4.65. The van der Waals surface area contributed by atoms with E-state index in [1.165, 1.54) is 18.9 Å². The Labute approximate surface area is 186 Å². The number of anilines is 1. The van der Waals surface area contributed by atoms with E-state index < -0.39 is 0 Å². The number of ether oxygens (including phenoxy) is 2. The van der Waals surface area contributed by atoms with Gasteiger partial charge in [-0.25, -0.2) is 13.9 Å². The second-order valence-corrected chi connectivity index (χ2v) is 8.75. The standard InChI is InChI=1S/C23H29FN6O2/c1-2-3-8-31-23-28-21(25)22-26-13-17(30(22)29-23)9-14-4-7-18(12-20(14)24)32-19-10-15-5-6-16(11-19)27-15/h4,7,12-13,15-16,19,27H,2-3,5-6,8-11H2,1H3,(H2,25,28,29)/t15-,16+,19?. The van der Waals surface area contributed by atoms with Gasteiger partial charge in [0.2, 0.25) is 0 Å². The van der Waals surface area contributed by atoms with Crippen LogP contribution in [0, 0.1) is 5.82 Å². The molecule has 2 fully saturated rings. The van der Waals surface area contributed by atoms with Gasteiger partial charge in [-0.05, 0) is 43.7 Å². The van der Waals surface area contributed by atoms with Crippen LogP contribution in [0.15, 0.2) is 24.4 Å². The summed E-state index contributed by atoms with van der Waals surface area (Å²) in [7, 11) is 0. The maximum absolute atomic E-state index is 14.9. The molecule has 1 unspecified atom stereocenters. The Morgan fingerprint density at radius 2 is 2.06 bits per heavy atom. The van der Waals surface area contributed by atoms with Gasteiger partial charge in [0.1, 0.15) is 17.7 Å². The highest BCUT2D eigenvalue weighted by molar-refractivity contribution is 5.59. The lowest BCUT2D eigenvalue weighted by Crippen LogP contribution is -2.42. The van der Waals surface area contributed by atoms with Crippen molar-refractivity contribution < 1.29 is 13.9 Å². The van der Waals surface area contributed by atoms with Crippen LogP contribution in [-0.4, -0.2) is 44.4 Å². The molecule has 170 valence electrons. The van der Waals surface area contributed by atoms with E-state index in [9.17, 15) is 4.39 Å². The Morgan fingerprint density at radius 3 is 2.81 bits per heavy atom. The molecular formula is C23H29FN6O2. The fraction of sp³-hybridized carbons (Fsp3) is 0.522. The first-order valence-electron chi connectivity index (χ1n) is 11.4. The first-order valence-corrected chi connectivity index (χ1v) is 11.4. The molecule has 5 rings (SSSR count). The molecule has 0 amide bonds. The van der Waals surface area contributed by atoms with E-state index in [0.29, 0.717) is 47.8 Å². The van der Waals surface area contributed by atoms with E-state index in [-0.39, 0.29) is 23.7 Å². The molecule has 1 aromatic carbocycles. The summed E-state index contributed by atoms with van der Waals surface area (Å²) in [5, 5.41) is 7.99. The Kier molecular flexibility index (Phi) is 5.82. The van der Waals surface area contributed by atoms with Crippen LogP contribution in [0.5, 0.6) is 11.8 Å². The summed E-state index contributed by atoms with van der Waals surface area (Å²) in [6.07, 6.45) is 8.37. The quantitative estimate of drug-likeness (QED) is 0.519. The zero-order valence-corrected chi connectivity index (χ0v) is 18.3. The minimum atomic E-state index is -0.309. The van der Waals surface area contributed by atoms with Crippen molar-refractivity contribution in [1.29, 1.82) is 0 Å². The normalized spacial score (nSPS) is 22.4. The van der Waals surface area contributed by atoms with Crippen LogP contribution < -0.4 is 20.5 Å². The topological polar surface area (TPSA) is 99.6 Å². The molecule has 2 aliphatic heterocycles. The molecule has 2 aliphatic rings. The molecule has 2 saturated heterocycles. The summed E-state index contributed by atoms with van der Waals surface area (Å²) in [6, 6.07) is 6.34. The van der Waals surface area contributed by atoms with Crippen molar-refractivity contribution in [3.8, 4) is 11.8 Å². The summed E-state index contributed by atoms with van der Waals surface area (Å²) >= 11 is 0. The number of piperidine rings is 1. The molecule has 0 saturated carbocycles. The van der Waals surface area contributed by atoms with Gasteiger partial charge >= 0.3 is 6.01 Å². The first kappa shape index (κ1) is 20.9. The van der Waals surface area contributed by atoms with Gasteiger partial charge in [-0.3, -0.25) is 0 Å². The lowest BCUT2D eigenvalue weighted by molar-refractivity contribution is 0.137. The number of fused-ring (bicyclic) bond motifs is 3. The Bertz CT molecular complexity index is 1090. The summed E-state index contributed by atoms with van der Waals surface area (Å²) < 4.78 is 28.2. The molecule has 32 heavy (non-hydrogen) atoms. The predicted octanol–water partition coefficient (Wildman–Crippen LogP) is 3.28. The third kappa shape index (κ3) is 4.34. The smallest absolute Gasteiger partial charge is 0.336 e. The van der Waals surface area contributed by atoms with Crippen molar-refractivity contribution in [1.82, 2.24) is 24.9 Å². The third-order valence-corrected chi connectivity index (χ3v) is 6.30. The number of nitrogens with one attached hydrogen (secondary N) is 1. The average Bonchev–Trinajstić information content (AvgIpc) is 3.33. The number of unbranched alkanes of at least 4 members (excludes halogenated alkanes) is 1. The SMILES string of the molecule is CCCCOc1nc(N)c2ncc(Cc3ccc(OC4C[C@H]5CC[C@@H](C4)N5)cc3F)n2n1. The molecule has 0 spiro atoms. The first-order chi connectivity index (χ1) is 15.6. The molecule has 0 radical (unpaired) electrons. The highest BCUT2D eigenvalue weighted by Crippen LogP contribution is 2.30. The number of hydrogen-bond acceptors (Lipinski definition) is 7. The van der Waals surface area contributed by atoms with Crippen LogP contribution >= 0.6 is 0 Å². The number of nitrogen functional groups attached to an aromatic ring is 1. The second-order valence-electron chi connectivity index (χ2n) is 8.75.